The summed E-state index contributed by atoms with van der Waals surface area (Å²) in [6.07, 6.45) is 1.14. The van der Waals surface area contributed by atoms with Gasteiger partial charge in [-0.15, -0.1) is 0 Å². The molecule has 0 bridgehead atoms. The Balaban J connectivity index is 2.12. The fourth-order valence-electron chi connectivity index (χ4n) is 2.85. The maximum Gasteiger partial charge on any atom is 0.126 e. The SMILES string of the molecule is Cc1ccc(C(C)N2CCC(C)NCC(C)C2)cc1F. The molecule has 0 aromatic heterocycles. The first-order valence-electron chi connectivity index (χ1n) is 7.71. The number of rotatable bonds is 2. The zero-order chi connectivity index (χ0) is 14.7. The van der Waals surface area contributed by atoms with Crippen molar-refractivity contribution in [1.82, 2.24) is 10.2 Å². The van der Waals surface area contributed by atoms with E-state index in [9.17, 15) is 4.39 Å². The Hall–Kier alpha value is -0.930. The Morgan fingerprint density at radius 1 is 1.35 bits per heavy atom. The van der Waals surface area contributed by atoms with Crippen molar-refractivity contribution < 1.29 is 4.39 Å². The molecule has 112 valence electrons. The first-order valence-corrected chi connectivity index (χ1v) is 7.71. The molecular formula is C17H27FN2. The highest BCUT2D eigenvalue weighted by Gasteiger charge is 2.21. The molecule has 3 heteroatoms. The molecule has 3 unspecified atom stereocenters. The predicted molar refractivity (Wildman–Crippen MR) is 82.4 cm³/mol. The Labute approximate surface area is 122 Å². The third kappa shape index (κ3) is 3.80. The summed E-state index contributed by atoms with van der Waals surface area (Å²) in [4.78, 5) is 2.49. The van der Waals surface area contributed by atoms with Gasteiger partial charge < -0.3 is 5.32 Å². The first kappa shape index (κ1) is 15.5. The normalized spacial score (nSPS) is 26.9. The number of nitrogens with zero attached hydrogens (tertiary/aromatic N) is 1. The number of benzene rings is 1. The van der Waals surface area contributed by atoms with Gasteiger partial charge in [0.2, 0.25) is 0 Å². The van der Waals surface area contributed by atoms with Crippen LogP contribution in [0.3, 0.4) is 0 Å². The topological polar surface area (TPSA) is 15.3 Å². The van der Waals surface area contributed by atoms with Crippen LogP contribution in [0.2, 0.25) is 0 Å². The average molecular weight is 278 g/mol. The molecule has 1 heterocycles. The lowest BCUT2D eigenvalue weighted by atomic mass is 10.0. The highest BCUT2D eigenvalue weighted by atomic mass is 19.1. The van der Waals surface area contributed by atoms with Crippen molar-refractivity contribution in [3.8, 4) is 0 Å². The molecule has 0 saturated carbocycles. The Bertz CT molecular complexity index is 447. The smallest absolute Gasteiger partial charge is 0.126 e. The lowest BCUT2D eigenvalue weighted by Gasteiger charge is -2.35. The number of halogens is 1. The summed E-state index contributed by atoms with van der Waals surface area (Å²) < 4.78 is 13.8. The van der Waals surface area contributed by atoms with Gasteiger partial charge in [0.1, 0.15) is 5.82 Å². The van der Waals surface area contributed by atoms with Crippen LogP contribution >= 0.6 is 0 Å². The van der Waals surface area contributed by atoms with Gasteiger partial charge in [-0.1, -0.05) is 19.1 Å². The predicted octanol–water partition coefficient (Wildman–Crippen LogP) is 3.52. The van der Waals surface area contributed by atoms with E-state index in [1.807, 2.05) is 13.0 Å². The molecule has 1 aliphatic rings. The summed E-state index contributed by atoms with van der Waals surface area (Å²) in [5.74, 6) is 0.528. The van der Waals surface area contributed by atoms with Gasteiger partial charge in [-0.2, -0.15) is 0 Å². The van der Waals surface area contributed by atoms with E-state index in [4.69, 9.17) is 0 Å². The van der Waals surface area contributed by atoms with Crippen LogP contribution in [-0.4, -0.2) is 30.6 Å². The molecule has 1 saturated heterocycles. The van der Waals surface area contributed by atoms with Gasteiger partial charge in [0.15, 0.2) is 0 Å². The van der Waals surface area contributed by atoms with Gasteiger partial charge >= 0.3 is 0 Å². The van der Waals surface area contributed by atoms with Crippen molar-refractivity contribution >= 4 is 0 Å². The molecule has 1 N–H and O–H groups in total. The third-order valence-corrected chi connectivity index (χ3v) is 4.44. The molecule has 1 aromatic carbocycles. The van der Waals surface area contributed by atoms with E-state index >= 15 is 0 Å². The van der Waals surface area contributed by atoms with Gasteiger partial charge in [-0.3, -0.25) is 4.90 Å². The second-order valence-corrected chi connectivity index (χ2v) is 6.38. The number of aryl methyl sites for hydroxylation is 1. The highest BCUT2D eigenvalue weighted by molar-refractivity contribution is 5.25. The van der Waals surface area contributed by atoms with Crippen molar-refractivity contribution in [3.05, 3.63) is 35.1 Å². The number of hydrogen-bond acceptors (Lipinski definition) is 2. The lowest BCUT2D eigenvalue weighted by Crippen LogP contribution is -2.43. The van der Waals surface area contributed by atoms with E-state index in [1.54, 1.807) is 6.07 Å². The molecule has 0 spiro atoms. The Kier molecular flexibility index (Phi) is 5.17. The minimum absolute atomic E-state index is 0.0931. The van der Waals surface area contributed by atoms with Crippen LogP contribution in [0.4, 0.5) is 4.39 Å². The minimum atomic E-state index is -0.0931. The van der Waals surface area contributed by atoms with Gasteiger partial charge in [-0.25, -0.2) is 4.39 Å². The van der Waals surface area contributed by atoms with E-state index in [0.717, 1.165) is 37.2 Å². The third-order valence-electron chi connectivity index (χ3n) is 4.44. The summed E-state index contributed by atoms with van der Waals surface area (Å²) in [7, 11) is 0. The molecule has 2 nitrogen and oxygen atoms in total. The molecule has 1 aliphatic heterocycles. The molecule has 0 amide bonds. The summed E-state index contributed by atoms with van der Waals surface area (Å²) in [6.45, 7) is 11.7. The fourth-order valence-corrected chi connectivity index (χ4v) is 2.85. The monoisotopic (exact) mass is 278 g/mol. The van der Waals surface area contributed by atoms with Crippen LogP contribution in [0.1, 0.15) is 44.4 Å². The van der Waals surface area contributed by atoms with Crippen molar-refractivity contribution in [2.24, 2.45) is 5.92 Å². The summed E-state index contributed by atoms with van der Waals surface area (Å²) in [5, 5.41) is 3.56. The molecule has 0 aliphatic carbocycles. The summed E-state index contributed by atoms with van der Waals surface area (Å²) in [5.41, 5.74) is 1.81. The van der Waals surface area contributed by atoms with Gasteiger partial charge in [0.05, 0.1) is 0 Å². The van der Waals surface area contributed by atoms with Crippen molar-refractivity contribution in [2.75, 3.05) is 19.6 Å². The van der Waals surface area contributed by atoms with Crippen molar-refractivity contribution in [2.45, 2.75) is 46.2 Å². The van der Waals surface area contributed by atoms with Crippen LogP contribution in [-0.2, 0) is 0 Å². The van der Waals surface area contributed by atoms with E-state index < -0.39 is 0 Å². The zero-order valence-corrected chi connectivity index (χ0v) is 13.1. The molecule has 0 radical (unpaired) electrons. The van der Waals surface area contributed by atoms with Crippen molar-refractivity contribution in [1.29, 1.82) is 0 Å². The second kappa shape index (κ2) is 6.68. The molecule has 3 atom stereocenters. The van der Waals surface area contributed by atoms with Crippen LogP contribution in [0.15, 0.2) is 18.2 Å². The Morgan fingerprint density at radius 2 is 2.10 bits per heavy atom. The van der Waals surface area contributed by atoms with Crippen LogP contribution in [0.25, 0.3) is 0 Å². The maximum absolute atomic E-state index is 13.8. The molecular weight excluding hydrogens is 251 g/mol. The molecule has 1 aromatic rings. The van der Waals surface area contributed by atoms with Crippen LogP contribution in [0, 0.1) is 18.7 Å². The van der Waals surface area contributed by atoms with Crippen LogP contribution < -0.4 is 5.32 Å². The highest BCUT2D eigenvalue weighted by Crippen LogP contribution is 2.24. The van der Waals surface area contributed by atoms with E-state index in [-0.39, 0.29) is 11.9 Å². The van der Waals surface area contributed by atoms with E-state index in [2.05, 4.69) is 37.1 Å². The largest absolute Gasteiger partial charge is 0.314 e. The number of hydrogen-bond donors (Lipinski definition) is 1. The van der Waals surface area contributed by atoms with E-state index in [1.165, 1.54) is 0 Å². The van der Waals surface area contributed by atoms with Crippen molar-refractivity contribution in [3.63, 3.8) is 0 Å². The van der Waals surface area contributed by atoms with Crippen LogP contribution in [0.5, 0.6) is 0 Å². The number of nitrogens with one attached hydrogen (secondary N) is 1. The molecule has 1 fully saturated rings. The Morgan fingerprint density at radius 3 is 2.80 bits per heavy atom. The maximum atomic E-state index is 13.8. The fraction of sp³-hybridized carbons (Fsp3) is 0.647. The average Bonchev–Trinajstić information content (AvgIpc) is 2.41. The minimum Gasteiger partial charge on any atom is -0.314 e. The van der Waals surface area contributed by atoms with Gasteiger partial charge in [0, 0.05) is 25.2 Å². The molecule has 2 rings (SSSR count). The second-order valence-electron chi connectivity index (χ2n) is 6.38. The molecule has 20 heavy (non-hydrogen) atoms. The lowest BCUT2D eigenvalue weighted by molar-refractivity contribution is 0.156. The van der Waals surface area contributed by atoms with Gasteiger partial charge in [-0.05, 0) is 56.8 Å². The quantitative estimate of drug-likeness (QED) is 0.890. The van der Waals surface area contributed by atoms with Gasteiger partial charge in [0.25, 0.3) is 0 Å². The summed E-state index contributed by atoms with van der Waals surface area (Å²) >= 11 is 0. The zero-order valence-electron chi connectivity index (χ0n) is 13.1. The summed E-state index contributed by atoms with van der Waals surface area (Å²) in [6, 6.07) is 6.48. The standard InChI is InChI=1S/C17H27FN2/c1-12-10-19-14(3)7-8-20(11-12)15(4)16-6-5-13(2)17(18)9-16/h5-6,9,12,14-15,19H,7-8,10-11H2,1-4H3. The first-order chi connectivity index (χ1) is 9.47. The van der Waals surface area contributed by atoms with E-state index in [0.29, 0.717) is 12.0 Å².